The molecular formula is C27H27FN4O3. The number of hydrogen-bond acceptors (Lipinski definition) is 6. The van der Waals surface area contributed by atoms with E-state index in [9.17, 15) is 14.3 Å². The van der Waals surface area contributed by atoms with Crippen molar-refractivity contribution in [2.45, 2.75) is 46.8 Å². The molecule has 0 amide bonds. The predicted molar refractivity (Wildman–Crippen MR) is 131 cm³/mol. The summed E-state index contributed by atoms with van der Waals surface area (Å²) in [6.45, 7) is 8.87. The van der Waals surface area contributed by atoms with Crippen molar-refractivity contribution < 1.29 is 14.2 Å². The molecule has 0 bridgehead atoms. The summed E-state index contributed by atoms with van der Waals surface area (Å²) in [6, 6.07) is 11.4. The topological polar surface area (TPSA) is 90.1 Å². The van der Waals surface area contributed by atoms with Gasteiger partial charge in [0, 0.05) is 24.2 Å². The third-order valence-electron chi connectivity index (χ3n) is 5.66. The van der Waals surface area contributed by atoms with Crippen LogP contribution in [0.2, 0.25) is 0 Å². The third kappa shape index (κ3) is 5.12. The summed E-state index contributed by atoms with van der Waals surface area (Å²) in [5.41, 5.74) is 3.11. The van der Waals surface area contributed by atoms with Gasteiger partial charge < -0.3 is 9.84 Å². The maximum atomic E-state index is 13.3. The number of rotatable bonds is 6. The first-order chi connectivity index (χ1) is 16.5. The van der Waals surface area contributed by atoms with E-state index >= 15 is 0 Å². The van der Waals surface area contributed by atoms with Crippen LogP contribution in [0.1, 0.15) is 42.1 Å². The number of aliphatic hydroxyl groups is 1. The lowest BCUT2D eigenvalue weighted by Gasteiger charge is -2.18. The fraction of sp³-hybridized carbons (Fsp3) is 0.259. The predicted octanol–water partition coefficient (Wildman–Crippen LogP) is 4.56. The van der Waals surface area contributed by atoms with Crippen molar-refractivity contribution in [2.24, 2.45) is 0 Å². The minimum Gasteiger partial charge on any atom is -0.488 e. The van der Waals surface area contributed by atoms with Crippen LogP contribution in [0.15, 0.2) is 59.7 Å². The Bertz CT molecular complexity index is 1440. The van der Waals surface area contributed by atoms with Crippen LogP contribution < -0.4 is 10.3 Å². The zero-order valence-corrected chi connectivity index (χ0v) is 20.3. The van der Waals surface area contributed by atoms with E-state index in [0.29, 0.717) is 34.1 Å². The van der Waals surface area contributed by atoms with Gasteiger partial charge in [-0.2, -0.15) is 0 Å². The molecule has 4 aromatic rings. The van der Waals surface area contributed by atoms with E-state index in [1.807, 2.05) is 19.9 Å². The number of halogens is 1. The van der Waals surface area contributed by atoms with Gasteiger partial charge in [0.05, 0.1) is 22.6 Å². The number of aryl methyl sites for hydroxylation is 2. The molecule has 0 aliphatic carbocycles. The molecule has 0 spiro atoms. The Morgan fingerprint density at radius 3 is 2.46 bits per heavy atom. The van der Waals surface area contributed by atoms with Gasteiger partial charge >= 0.3 is 0 Å². The van der Waals surface area contributed by atoms with E-state index in [1.54, 1.807) is 62.0 Å². The number of pyridine rings is 2. The van der Waals surface area contributed by atoms with E-state index in [2.05, 4.69) is 15.0 Å². The number of nitrogens with zero attached hydrogens (tertiary/aromatic N) is 4. The Morgan fingerprint density at radius 1 is 1.06 bits per heavy atom. The Hall–Kier alpha value is -3.91. The molecule has 1 N–H and O–H groups in total. The molecule has 1 aromatic carbocycles. The first-order valence-electron chi connectivity index (χ1n) is 11.2. The molecule has 0 aliphatic heterocycles. The standard InChI is InChI=1S/C27H27FN4O3/c1-16-14-30-26(27(4,5)34)31-24(16)22-13-21(10-11-29-22)32-17(2)12-23(18(3)25(32)33)35-15-19-6-8-20(28)9-7-19/h6-14,34H,15H2,1-5H3. The van der Waals surface area contributed by atoms with Crippen molar-refractivity contribution in [1.29, 1.82) is 0 Å². The largest absolute Gasteiger partial charge is 0.488 e. The molecule has 0 saturated heterocycles. The maximum absolute atomic E-state index is 13.3. The summed E-state index contributed by atoms with van der Waals surface area (Å²) in [4.78, 5) is 26.5. The summed E-state index contributed by atoms with van der Waals surface area (Å²) in [5.74, 6) is 0.453. The minimum absolute atomic E-state index is 0.215. The van der Waals surface area contributed by atoms with Crippen LogP contribution in [0.5, 0.6) is 5.75 Å². The maximum Gasteiger partial charge on any atom is 0.261 e. The van der Waals surface area contributed by atoms with Gasteiger partial charge in [0.1, 0.15) is 23.8 Å². The smallest absolute Gasteiger partial charge is 0.261 e. The molecule has 3 aromatic heterocycles. The fourth-order valence-electron chi connectivity index (χ4n) is 3.69. The molecule has 4 rings (SSSR count). The van der Waals surface area contributed by atoms with Crippen molar-refractivity contribution in [1.82, 2.24) is 19.5 Å². The zero-order chi connectivity index (χ0) is 25.3. The monoisotopic (exact) mass is 474 g/mol. The van der Waals surface area contributed by atoms with Gasteiger partial charge in [-0.05, 0) is 70.0 Å². The van der Waals surface area contributed by atoms with E-state index in [0.717, 1.165) is 11.1 Å². The SMILES string of the molecule is Cc1cnc(C(C)(C)O)nc1-c1cc(-n2c(C)cc(OCc3ccc(F)cc3)c(C)c2=O)ccn1. The third-order valence-corrected chi connectivity index (χ3v) is 5.66. The van der Waals surface area contributed by atoms with Gasteiger partial charge in [0.25, 0.3) is 5.56 Å². The number of hydrogen-bond donors (Lipinski definition) is 1. The highest BCUT2D eigenvalue weighted by Crippen LogP contribution is 2.25. The zero-order valence-electron chi connectivity index (χ0n) is 20.3. The first-order valence-corrected chi connectivity index (χ1v) is 11.2. The number of benzene rings is 1. The highest BCUT2D eigenvalue weighted by Gasteiger charge is 2.22. The first kappa shape index (κ1) is 24.2. The van der Waals surface area contributed by atoms with E-state index < -0.39 is 5.60 Å². The van der Waals surface area contributed by atoms with Gasteiger partial charge in [0.15, 0.2) is 5.82 Å². The molecule has 0 atom stereocenters. The average Bonchev–Trinajstić information content (AvgIpc) is 2.81. The second kappa shape index (κ2) is 9.38. The molecule has 0 aliphatic rings. The van der Waals surface area contributed by atoms with E-state index in [-0.39, 0.29) is 23.8 Å². The Morgan fingerprint density at radius 2 is 1.77 bits per heavy atom. The van der Waals surface area contributed by atoms with Gasteiger partial charge in [-0.25, -0.2) is 14.4 Å². The average molecular weight is 475 g/mol. The second-order valence-corrected chi connectivity index (χ2v) is 9.01. The van der Waals surface area contributed by atoms with E-state index in [4.69, 9.17) is 4.74 Å². The molecule has 3 heterocycles. The van der Waals surface area contributed by atoms with Crippen LogP contribution in [0.25, 0.3) is 17.1 Å². The molecule has 0 fully saturated rings. The summed E-state index contributed by atoms with van der Waals surface area (Å²) >= 11 is 0. The fourth-order valence-corrected chi connectivity index (χ4v) is 3.69. The van der Waals surface area contributed by atoms with Crippen LogP contribution >= 0.6 is 0 Å². The van der Waals surface area contributed by atoms with Crippen molar-refractivity contribution >= 4 is 0 Å². The molecule has 7 nitrogen and oxygen atoms in total. The summed E-state index contributed by atoms with van der Waals surface area (Å²) in [5, 5.41) is 10.3. The van der Waals surface area contributed by atoms with Gasteiger partial charge in [-0.1, -0.05) is 12.1 Å². The molecule has 0 unspecified atom stereocenters. The highest BCUT2D eigenvalue weighted by molar-refractivity contribution is 5.61. The van der Waals surface area contributed by atoms with Crippen LogP contribution in [0.3, 0.4) is 0 Å². The molecule has 35 heavy (non-hydrogen) atoms. The summed E-state index contributed by atoms with van der Waals surface area (Å²) in [6.07, 6.45) is 3.27. The van der Waals surface area contributed by atoms with E-state index in [1.165, 1.54) is 12.1 Å². The van der Waals surface area contributed by atoms with Crippen LogP contribution in [0, 0.1) is 26.6 Å². The Labute approximate surface area is 202 Å². The Kier molecular flexibility index (Phi) is 6.49. The number of ether oxygens (including phenoxy) is 1. The molecule has 0 radical (unpaired) electrons. The van der Waals surface area contributed by atoms with Gasteiger partial charge in [-0.15, -0.1) is 0 Å². The lowest BCUT2D eigenvalue weighted by molar-refractivity contribution is 0.0688. The van der Waals surface area contributed by atoms with Crippen molar-refractivity contribution in [3.8, 4) is 22.8 Å². The van der Waals surface area contributed by atoms with Crippen molar-refractivity contribution in [3.63, 3.8) is 0 Å². The van der Waals surface area contributed by atoms with Crippen LogP contribution in [-0.4, -0.2) is 24.6 Å². The summed E-state index contributed by atoms with van der Waals surface area (Å²) < 4.78 is 20.6. The second-order valence-electron chi connectivity index (χ2n) is 9.01. The van der Waals surface area contributed by atoms with Crippen LogP contribution in [0.4, 0.5) is 4.39 Å². The molecular weight excluding hydrogens is 447 g/mol. The lowest BCUT2D eigenvalue weighted by atomic mass is 10.1. The van der Waals surface area contributed by atoms with Gasteiger partial charge in [-0.3, -0.25) is 14.3 Å². The van der Waals surface area contributed by atoms with Crippen molar-refractivity contribution in [3.05, 3.63) is 99.2 Å². The molecule has 8 heteroatoms. The Balaban J connectivity index is 1.70. The number of aromatic nitrogens is 4. The quantitative estimate of drug-likeness (QED) is 0.441. The minimum atomic E-state index is -1.20. The van der Waals surface area contributed by atoms with Gasteiger partial charge in [0.2, 0.25) is 0 Å². The normalized spacial score (nSPS) is 11.5. The van der Waals surface area contributed by atoms with Crippen LogP contribution in [-0.2, 0) is 12.2 Å². The summed E-state index contributed by atoms with van der Waals surface area (Å²) in [7, 11) is 0. The lowest BCUT2D eigenvalue weighted by Crippen LogP contribution is -2.24. The highest BCUT2D eigenvalue weighted by atomic mass is 19.1. The molecule has 0 saturated carbocycles. The molecule has 180 valence electrons. The van der Waals surface area contributed by atoms with Crippen molar-refractivity contribution in [2.75, 3.05) is 0 Å².